The Morgan fingerprint density at radius 2 is 2.33 bits per heavy atom. The quantitative estimate of drug-likeness (QED) is 0.895. The highest BCUT2D eigenvalue weighted by atomic mass is 32.1. The Morgan fingerprint density at radius 1 is 1.50 bits per heavy atom. The van der Waals surface area contributed by atoms with Crippen LogP contribution < -0.4 is 0 Å². The van der Waals surface area contributed by atoms with Crippen molar-refractivity contribution in [3.63, 3.8) is 0 Å². The summed E-state index contributed by atoms with van der Waals surface area (Å²) in [5.41, 5.74) is 0.477. The highest BCUT2D eigenvalue weighted by molar-refractivity contribution is 7.15. The van der Waals surface area contributed by atoms with Crippen LogP contribution in [0.2, 0.25) is 0 Å². The molecule has 0 bridgehead atoms. The number of nitrogens with zero attached hydrogens (tertiary/aromatic N) is 2. The van der Waals surface area contributed by atoms with Gasteiger partial charge in [0.05, 0.1) is 6.26 Å². The number of hydrogen-bond donors (Lipinski definition) is 1. The van der Waals surface area contributed by atoms with Gasteiger partial charge in [-0.2, -0.15) is 0 Å². The molecule has 3 heterocycles. The summed E-state index contributed by atoms with van der Waals surface area (Å²) in [6.45, 7) is 3.21. The van der Waals surface area contributed by atoms with E-state index in [1.54, 1.807) is 12.3 Å². The van der Waals surface area contributed by atoms with Crippen LogP contribution in [-0.2, 0) is 4.79 Å². The van der Waals surface area contributed by atoms with Crippen LogP contribution in [0.3, 0.4) is 0 Å². The van der Waals surface area contributed by atoms with Gasteiger partial charge in [-0.25, -0.2) is 4.98 Å². The lowest BCUT2D eigenvalue weighted by Crippen LogP contribution is -2.40. The molecule has 0 spiro atoms. The topological polar surface area (TPSA) is 83.6 Å². The highest BCUT2D eigenvalue weighted by Gasteiger charge is 2.28. The molecule has 0 aliphatic carbocycles. The second-order valence-electron chi connectivity index (χ2n) is 6.09. The fourth-order valence-corrected chi connectivity index (χ4v) is 3.94. The lowest BCUT2D eigenvalue weighted by Gasteiger charge is -2.32. The van der Waals surface area contributed by atoms with Crippen molar-refractivity contribution in [2.45, 2.75) is 32.6 Å². The zero-order valence-electron chi connectivity index (χ0n) is 13.5. The number of aromatic nitrogens is 1. The summed E-state index contributed by atoms with van der Waals surface area (Å²) < 4.78 is 5.35. The van der Waals surface area contributed by atoms with Crippen LogP contribution in [0.15, 0.2) is 22.8 Å². The van der Waals surface area contributed by atoms with Gasteiger partial charge in [0.25, 0.3) is 5.91 Å². The first-order chi connectivity index (χ1) is 11.5. The molecule has 0 aromatic carbocycles. The van der Waals surface area contributed by atoms with Crippen molar-refractivity contribution in [3.8, 4) is 10.8 Å². The van der Waals surface area contributed by atoms with E-state index in [0.717, 1.165) is 17.7 Å². The van der Waals surface area contributed by atoms with Crippen molar-refractivity contribution in [2.75, 3.05) is 13.1 Å². The van der Waals surface area contributed by atoms with Crippen molar-refractivity contribution in [1.29, 1.82) is 0 Å². The van der Waals surface area contributed by atoms with Gasteiger partial charge in [0, 0.05) is 24.4 Å². The number of furan rings is 1. The van der Waals surface area contributed by atoms with E-state index in [4.69, 9.17) is 9.52 Å². The summed E-state index contributed by atoms with van der Waals surface area (Å²) in [5.74, 6) is 0.0703. The third kappa shape index (κ3) is 3.67. The number of carboxylic acid groups (broad SMARTS) is 1. The van der Waals surface area contributed by atoms with Gasteiger partial charge >= 0.3 is 5.97 Å². The minimum Gasteiger partial charge on any atom is -0.481 e. The van der Waals surface area contributed by atoms with E-state index in [9.17, 15) is 9.59 Å². The number of aryl methyl sites for hydroxylation is 1. The molecule has 3 rings (SSSR count). The molecule has 1 amide bonds. The number of amides is 1. The second-order valence-corrected chi connectivity index (χ2v) is 7.30. The number of likely N-dealkylation sites (tertiary alicyclic amines) is 1. The van der Waals surface area contributed by atoms with Crippen molar-refractivity contribution in [2.24, 2.45) is 5.92 Å². The van der Waals surface area contributed by atoms with Crippen LogP contribution in [0.1, 0.15) is 41.0 Å². The monoisotopic (exact) mass is 348 g/mol. The first kappa shape index (κ1) is 16.7. The van der Waals surface area contributed by atoms with Gasteiger partial charge in [-0.3, -0.25) is 9.59 Å². The van der Waals surface area contributed by atoms with Gasteiger partial charge < -0.3 is 14.4 Å². The van der Waals surface area contributed by atoms with E-state index in [1.807, 2.05) is 17.9 Å². The highest BCUT2D eigenvalue weighted by Crippen LogP contribution is 2.30. The van der Waals surface area contributed by atoms with Crippen molar-refractivity contribution in [3.05, 3.63) is 29.0 Å². The lowest BCUT2D eigenvalue weighted by molar-refractivity contribution is -0.137. The van der Waals surface area contributed by atoms with Gasteiger partial charge in [-0.1, -0.05) is 0 Å². The number of carbonyl (C=O) groups excluding carboxylic acids is 1. The Bertz CT molecular complexity index is 723. The maximum atomic E-state index is 12.8. The average molecular weight is 348 g/mol. The zero-order valence-corrected chi connectivity index (χ0v) is 14.3. The molecular weight excluding hydrogens is 328 g/mol. The SMILES string of the molecule is Cc1sc(-c2ccco2)nc1C(=O)N1CCCC(CCC(=O)O)C1. The van der Waals surface area contributed by atoms with E-state index >= 15 is 0 Å². The van der Waals surface area contributed by atoms with Crippen molar-refractivity contribution < 1.29 is 19.1 Å². The number of hydrogen-bond acceptors (Lipinski definition) is 5. The minimum absolute atomic E-state index is 0.0680. The Balaban J connectivity index is 1.70. The number of piperidine rings is 1. The normalized spacial score (nSPS) is 17.9. The Labute approximate surface area is 144 Å². The van der Waals surface area contributed by atoms with Gasteiger partial charge in [0.2, 0.25) is 0 Å². The summed E-state index contributed by atoms with van der Waals surface area (Å²) in [7, 11) is 0. The van der Waals surface area contributed by atoms with Crippen molar-refractivity contribution >= 4 is 23.2 Å². The van der Waals surface area contributed by atoms with Gasteiger partial charge in [0.1, 0.15) is 5.69 Å². The van der Waals surface area contributed by atoms with Crippen LogP contribution >= 0.6 is 11.3 Å². The maximum absolute atomic E-state index is 12.8. The van der Waals surface area contributed by atoms with Crippen LogP contribution in [0.4, 0.5) is 0 Å². The lowest BCUT2D eigenvalue weighted by atomic mass is 9.93. The Morgan fingerprint density at radius 3 is 3.04 bits per heavy atom. The summed E-state index contributed by atoms with van der Waals surface area (Å²) >= 11 is 1.45. The number of thiazole rings is 1. The summed E-state index contributed by atoms with van der Waals surface area (Å²) in [6.07, 6.45) is 4.25. The van der Waals surface area contributed by atoms with Crippen LogP contribution in [0.25, 0.3) is 10.8 Å². The van der Waals surface area contributed by atoms with Crippen LogP contribution in [-0.4, -0.2) is 40.0 Å². The molecule has 1 fully saturated rings. The van der Waals surface area contributed by atoms with E-state index < -0.39 is 5.97 Å². The molecule has 1 N–H and O–H groups in total. The van der Waals surface area contributed by atoms with E-state index in [2.05, 4.69) is 4.98 Å². The van der Waals surface area contributed by atoms with Crippen LogP contribution in [0.5, 0.6) is 0 Å². The number of rotatable bonds is 5. The summed E-state index contributed by atoms with van der Waals surface area (Å²) in [5, 5.41) is 9.54. The molecule has 2 aromatic rings. The second kappa shape index (κ2) is 7.17. The molecule has 1 aliphatic heterocycles. The molecule has 0 radical (unpaired) electrons. The fraction of sp³-hybridized carbons (Fsp3) is 0.471. The number of carboxylic acids is 1. The molecule has 1 aliphatic rings. The average Bonchev–Trinajstić information content (AvgIpc) is 3.22. The Hall–Kier alpha value is -2.15. The minimum atomic E-state index is -0.781. The molecule has 1 unspecified atom stereocenters. The molecule has 1 saturated heterocycles. The third-order valence-electron chi connectivity index (χ3n) is 4.30. The van der Waals surface area contributed by atoms with Crippen molar-refractivity contribution in [1.82, 2.24) is 9.88 Å². The standard InChI is InChI=1S/C17H20N2O4S/c1-11-15(18-16(24-11)13-5-3-9-23-13)17(22)19-8-2-4-12(10-19)6-7-14(20)21/h3,5,9,12H,2,4,6-8,10H2,1H3,(H,20,21). The van der Waals surface area contributed by atoms with E-state index in [0.29, 0.717) is 36.0 Å². The zero-order chi connectivity index (χ0) is 17.1. The van der Waals surface area contributed by atoms with Gasteiger partial charge in [-0.05, 0) is 44.2 Å². The Kier molecular flexibility index (Phi) is 4.99. The molecular formula is C17H20N2O4S. The molecule has 6 nitrogen and oxygen atoms in total. The molecule has 7 heteroatoms. The molecule has 0 saturated carbocycles. The van der Waals surface area contributed by atoms with Gasteiger partial charge in [0.15, 0.2) is 10.8 Å². The van der Waals surface area contributed by atoms with E-state index in [-0.39, 0.29) is 18.2 Å². The maximum Gasteiger partial charge on any atom is 0.303 e. The smallest absolute Gasteiger partial charge is 0.303 e. The summed E-state index contributed by atoms with van der Waals surface area (Å²) in [4.78, 5) is 30.7. The largest absolute Gasteiger partial charge is 0.481 e. The predicted molar refractivity (Wildman–Crippen MR) is 90.1 cm³/mol. The molecule has 24 heavy (non-hydrogen) atoms. The summed E-state index contributed by atoms with van der Waals surface area (Å²) in [6, 6.07) is 3.63. The third-order valence-corrected chi connectivity index (χ3v) is 5.29. The fourth-order valence-electron chi connectivity index (χ4n) is 3.06. The first-order valence-corrected chi connectivity index (χ1v) is 8.88. The predicted octanol–water partition coefficient (Wildman–Crippen LogP) is 3.43. The van der Waals surface area contributed by atoms with Gasteiger partial charge in [-0.15, -0.1) is 11.3 Å². The van der Waals surface area contributed by atoms with E-state index in [1.165, 1.54) is 11.3 Å². The molecule has 128 valence electrons. The first-order valence-electron chi connectivity index (χ1n) is 8.07. The number of carbonyl (C=O) groups is 2. The van der Waals surface area contributed by atoms with Crippen LogP contribution in [0, 0.1) is 12.8 Å². The molecule has 1 atom stereocenters. The molecule has 2 aromatic heterocycles. The number of aliphatic carboxylic acids is 1.